The molecule has 5 heteroatoms. The third-order valence-electron chi connectivity index (χ3n) is 2.18. The first kappa shape index (κ1) is 13.5. The highest BCUT2D eigenvalue weighted by Crippen LogP contribution is 2.27. The molecule has 3 nitrogen and oxygen atoms in total. The molecule has 90 valence electrons. The van der Waals surface area contributed by atoms with Gasteiger partial charge in [-0.1, -0.05) is 6.07 Å². The van der Waals surface area contributed by atoms with Gasteiger partial charge in [0.1, 0.15) is 0 Å². The van der Waals surface area contributed by atoms with Gasteiger partial charge in [-0.2, -0.15) is 0 Å². The van der Waals surface area contributed by atoms with E-state index in [1.165, 1.54) is 0 Å². The van der Waals surface area contributed by atoms with Crippen LogP contribution >= 0.6 is 15.9 Å². The number of halogens is 1. The van der Waals surface area contributed by atoms with Crippen molar-refractivity contribution in [3.8, 4) is 0 Å². The summed E-state index contributed by atoms with van der Waals surface area (Å²) in [5, 5.41) is 0. The summed E-state index contributed by atoms with van der Waals surface area (Å²) in [5.74, 6) is 0. The number of nitrogens with one attached hydrogen (secondary N) is 1. The Balaban J connectivity index is 3.07. The van der Waals surface area contributed by atoms with Crippen LogP contribution in [0, 0.1) is 6.92 Å². The topological polar surface area (TPSA) is 46.2 Å². The van der Waals surface area contributed by atoms with Crippen LogP contribution in [0.3, 0.4) is 0 Å². The van der Waals surface area contributed by atoms with E-state index < -0.39 is 14.8 Å². The van der Waals surface area contributed by atoms with Gasteiger partial charge >= 0.3 is 0 Å². The average Bonchev–Trinajstić information content (AvgIpc) is 2.08. The monoisotopic (exact) mass is 305 g/mol. The fourth-order valence-corrected chi connectivity index (χ4v) is 2.50. The van der Waals surface area contributed by atoms with Gasteiger partial charge in [-0.25, -0.2) is 8.42 Å². The Labute approximate surface area is 105 Å². The first-order chi connectivity index (χ1) is 7.13. The Morgan fingerprint density at radius 3 is 2.25 bits per heavy atom. The molecule has 0 bridgehead atoms. The second kappa shape index (κ2) is 4.37. The van der Waals surface area contributed by atoms with Gasteiger partial charge in [-0.05, 0) is 61.3 Å². The van der Waals surface area contributed by atoms with Crippen LogP contribution in [-0.4, -0.2) is 13.2 Å². The Morgan fingerprint density at radius 1 is 1.25 bits per heavy atom. The number of hydrogen-bond donors (Lipinski definition) is 1. The van der Waals surface area contributed by atoms with E-state index in [1.54, 1.807) is 26.8 Å². The largest absolute Gasteiger partial charge is 0.282 e. The number of hydrogen-bond acceptors (Lipinski definition) is 2. The SMILES string of the molecule is Cc1ccc(NS(=O)(=O)C(C)(C)C)c(Br)c1. The van der Waals surface area contributed by atoms with Crippen molar-refractivity contribution in [2.45, 2.75) is 32.4 Å². The van der Waals surface area contributed by atoms with Gasteiger partial charge in [0.05, 0.1) is 10.4 Å². The molecule has 0 saturated heterocycles. The fourth-order valence-electron chi connectivity index (χ4n) is 1.00. The maximum absolute atomic E-state index is 11.9. The lowest BCUT2D eigenvalue weighted by Gasteiger charge is -2.21. The molecule has 0 atom stereocenters. The highest BCUT2D eigenvalue weighted by Gasteiger charge is 2.29. The van der Waals surface area contributed by atoms with Gasteiger partial charge in [0.2, 0.25) is 10.0 Å². The smallest absolute Gasteiger partial charge is 0.237 e. The molecular formula is C11H16BrNO2S. The van der Waals surface area contributed by atoms with Crippen molar-refractivity contribution >= 4 is 31.6 Å². The van der Waals surface area contributed by atoms with E-state index in [-0.39, 0.29) is 0 Å². The third kappa shape index (κ3) is 2.98. The molecule has 0 aliphatic heterocycles. The van der Waals surface area contributed by atoms with Gasteiger partial charge in [0.25, 0.3) is 0 Å². The van der Waals surface area contributed by atoms with Crippen molar-refractivity contribution in [2.24, 2.45) is 0 Å². The van der Waals surface area contributed by atoms with Crippen molar-refractivity contribution in [3.05, 3.63) is 28.2 Å². The third-order valence-corrected chi connectivity index (χ3v) is 4.93. The molecule has 0 fully saturated rings. The van der Waals surface area contributed by atoms with E-state index in [0.717, 1.165) is 10.0 Å². The molecule has 0 saturated carbocycles. The summed E-state index contributed by atoms with van der Waals surface area (Å²) in [6, 6.07) is 5.49. The summed E-state index contributed by atoms with van der Waals surface area (Å²) in [5.41, 5.74) is 1.64. The van der Waals surface area contributed by atoms with Crippen LogP contribution in [-0.2, 0) is 10.0 Å². The molecule has 0 unspecified atom stereocenters. The summed E-state index contributed by atoms with van der Waals surface area (Å²) in [7, 11) is -3.37. The summed E-state index contributed by atoms with van der Waals surface area (Å²) in [6.45, 7) is 6.94. The zero-order chi connectivity index (χ0) is 12.6. The Bertz CT molecular complexity index is 489. The quantitative estimate of drug-likeness (QED) is 0.911. The number of benzene rings is 1. The van der Waals surface area contributed by atoms with Crippen LogP contribution in [0.5, 0.6) is 0 Å². The normalized spacial score (nSPS) is 12.6. The minimum atomic E-state index is -3.37. The van der Waals surface area contributed by atoms with E-state index in [0.29, 0.717) is 5.69 Å². The molecular weight excluding hydrogens is 290 g/mol. The van der Waals surface area contributed by atoms with Gasteiger partial charge in [0.15, 0.2) is 0 Å². The lowest BCUT2D eigenvalue weighted by molar-refractivity contribution is 0.566. The molecule has 0 spiro atoms. The zero-order valence-corrected chi connectivity index (χ0v) is 12.2. The lowest BCUT2D eigenvalue weighted by atomic mass is 10.2. The molecule has 0 heterocycles. The van der Waals surface area contributed by atoms with Gasteiger partial charge in [0, 0.05) is 4.47 Å². The standard InChI is InChI=1S/C11H16BrNO2S/c1-8-5-6-10(9(12)7-8)13-16(14,15)11(2,3)4/h5-7,13H,1-4H3. The van der Waals surface area contributed by atoms with Crippen LogP contribution < -0.4 is 4.72 Å². The summed E-state index contributed by atoms with van der Waals surface area (Å²) >= 11 is 3.34. The predicted molar refractivity (Wildman–Crippen MR) is 71.2 cm³/mol. The lowest BCUT2D eigenvalue weighted by Crippen LogP contribution is -2.33. The maximum atomic E-state index is 11.9. The second-order valence-electron chi connectivity index (χ2n) is 4.70. The molecule has 1 N–H and O–H groups in total. The molecule has 0 aliphatic carbocycles. The molecule has 1 aromatic rings. The van der Waals surface area contributed by atoms with Crippen LogP contribution in [0.15, 0.2) is 22.7 Å². The van der Waals surface area contributed by atoms with Gasteiger partial charge < -0.3 is 0 Å². The Morgan fingerprint density at radius 2 is 1.81 bits per heavy atom. The number of anilines is 1. The van der Waals surface area contributed by atoms with E-state index in [4.69, 9.17) is 0 Å². The van der Waals surface area contributed by atoms with E-state index in [2.05, 4.69) is 20.7 Å². The van der Waals surface area contributed by atoms with Crippen LogP contribution in [0.25, 0.3) is 0 Å². The van der Waals surface area contributed by atoms with Crippen molar-refractivity contribution in [3.63, 3.8) is 0 Å². The second-order valence-corrected chi connectivity index (χ2v) is 7.99. The van der Waals surface area contributed by atoms with Crippen molar-refractivity contribution in [2.75, 3.05) is 4.72 Å². The molecule has 16 heavy (non-hydrogen) atoms. The fraction of sp³-hybridized carbons (Fsp3) is 0.455. The molecule has 0 radical (unpaired) electrons. The van der Waals surface area contributed by atoms with Gasteiger partial charge in [-0.3, -0.25) is 4.72 Å². The maximum Gasteiger partial charge on any atom is 0.237 e. The highest BCUT2D eigenvalue weighted by atomic mass is 79.9. The summed E-state index contributed by atoms with van der Waals surface area (Å²) in [6.07, 6.45) is 0. The summed E-state index contributed by atoms with van der Waals surface area (Å²) < 4.78 is 26.4. The Kier molecular flexibility index (Phi) is 3.69. The van der Waals surface area contributed by atoms with Crippen molar-refractivity contribution < 1.29 is 8.42 Å². The van der Waals surface area contributed by atoms with Crippen LogP contribution in [0.2, 0.25) is 0 Å². The zero-order valence-electron chi connectivity index (χ0n) is 9.83. The molecule has 0 aromatic heterocycles. The molecule has 0 aliphatic rings. The molecule has 0 amide bonds. The number of sulfonamides is 1. The predicted octanol–water partition coefficient (Wildman–Crippen LogP) is 3.30. The average molecular weight is 306 g/mol. The summed E-state index contributed by atoms with van der Waals surface area (Å²) in [4.78, 5) is 0. The van der Waals surface area contributed by atoms with Crippen LogP contribution in [0.4, 0.5) is 5.69 Å². The minimum absolute atomic E-state index is 0.570. The minimum Gasteiger partial charge on any atom is -0.282 e. The first-order valence-electron chi connectivity index (χ1n) is 4.92. The highest BCUT2D eigenvalue weighted by molar-refractivity contribution is 9.10. The van der Waals surface area contributed by atoms with Crippen molar-refractivity contribution in [1.82, 2.24) is 0 Å². The number of aryl methyl sites for hydroxylation is 1. The first-order valence-corrected chi connectivity index (χ1v) is 7.19. The Hall–Kier alpha value is -0.550. The molecule has 1 aromatic carbocycles. The van der Waals surface area contributed by atoms with E-state index in [1.807, 2.05) is 19.1 Å². The van der Waals surface area contributed by atoms with Crippen LogP contribution in [0.1, 0.15) is 26.3 Å². The van der Waals surface area contributed by atoms with Crippen molar-refractivity contribution in [1.29, 1.82) is 0 Å². The molecule has 1 rings (SSSR count). The van der Waals surface area contributed by atoms with Gasteiger partial charge in [-0.15, -0.1) is 0 Å². The number of rotatable bonds is 2. The van der Waals surface area contributed by atoms with E-state index >= 15 is 0 Å². The van der Waals surface area contributed by atoms with E-state index in [9.17, 15) is 8.42 Å².